The summed E-state index contributed by atoms with van der Waals surface area (Å²) in [7, 11) is 0. The Kier molecular flexibility index (Phi) is 6.59. The molecule has 4 aromatic carbocycles. The third-order valence-electron chi connectivity index (χ3n) is 6.00. The molecular weight excluding hydrogens is 461 g/mol. The van der Waals surface area contributed by atoms with Crippen molar-refractivity contribution in [2.24, 2.45) is 0 Å². The molecule has 1 N–H and O–H groups in total. The highest BCUT2D eigenvalue weighted by Gasteiger charge is 2.24. The number of fused-ring (bicyclic) bond motifs is 1. The van der Waals surface area contributed by atoms with Crippen LogP contribution in [0, 0.1) is 5.82 Å². The lowest BCUT2D eigenvalue weighted by atomic mass is 10.0. The van der Waals surface area contributed by atoms with Crippen LogP contribution in [0.1, 0.15) is 33.4 Å². The molecular formula is C29H23ClFN3O. The number of hydrogen-bond donors (Lipinski definition) is 1. The molecule has 0 bridgehead atoms. The minimum absolute atomic E-state index is 0.188. The number of imidazole rings is 1. The fourth-order valence-electron chi connectivity index (χ4n) is 4.26. The van der Waals surface area contributed by atoms with E-state index in [1.54, 1.807) is 24.3 Å². The molecule has 0 fully saturated rings. The largest absolute Gasteiger partial charge is 0.342 e. The first-order valence-corrected chi connectivity index (χ1v) is 11.8. The number of rotatable bonds is 7. The number of amides is 1. The summed E-state index contributed by atoms with van der Waals surface area (Å²) in [4.78, 5) is 18.1. The number of benzene rings is 4. The van der Waals surface area contributed by atoms with Crippen molar-refractivity contribution in [3.8, 4) is 0 Å². The predicted molar refractivity (Wildman–Crippen MR) is 137 cm³/mol. The van der Waals surface area contributed by atoms with Gasteiger partial charge in [-0.3, -0.25) is 4.79 Å². The van der Waals surface area contributed by atoms with Gasteiger partial charge in [0.05, 0.1) is 23.6 Å². The van der Waals surface area contributed by atoms with Crippen LogP contribution >= 0.6 is 11.6 Å². The van der Waals surface area contributed by atoms with Gasteiger partial charge >= 0.3 is 0 Å². The zero-order chi connectivity index (χ0) is 24.2. The van der Waals surface area contributed by atoms with Crippen LogP contribution in [0.4, 0.5) is 4.39 Å². The average Bonchev–Trinajstić information content (AvgIpc) is 3.25. The number of aromatic nitrogens is 2. The monoisotopic (exact) mass is 483 g/mol. The molecule has 5 aromatic rings. The molecule has 1 aromatic heterocycles. The van der Waals surface area contributed by atoms with Gasteiger partial charge < -0.3 is 9.88 Å². The van der Waals surface area contributed by atoms with Crippen LogP contribution in [-0.4, -0.2) is 15.5 Å². The molecule has 0 aliphatic carbocycles. The maximum Gasteiger partial charge on any atom is 0.251 e. The predicted octanol–water partition coefficient (Wildman–Crippen LogP) is 6.59. The van der Waals surface area contributed by atoms with E-state index in [2.05, 4.69) is 5.32 Å². The molecule has 1 unspecified atom stereocenters. The smallest absolute Gasteiger partial charge is 0.251 e. The second-order valence-corrected chi connectivity index (χ2v) is 8.73. The summed E-state index contributed by atoms with van der Waals surface area (Å²) in [6, 6.07) is 30.9. The van der Waals surface area contributed by atoms with Crippen LogP contribution in [0.2, 0.25) is 5.02 Å². The lowest BCUT2D eigenvalue weighted by Crippen LogP contribution is -2.32. The molecule has 0 spiro atoms. The van der Waals surface area contributed by atoms with Crippen LogP contribution in [0.3, 0.4) is 0 Å². The molecule has 5 rings (SSSR count). The second kappa shape index (κ2) is 10.1. The maximum atomic E-state index is 14.8. The third-order valence-corrected chi connectivity index (χ3v) is 6.35. The number of nitrogens with zero attached hydrogens (tertiary/aromatic N) is 2. The van der Waals surface area contributed by atoms with Crippen molar-refractivity contribution in [1.82, 2.24) is 14.9 Å². The lowest BCUT2D eigenvalue weighted by molar-refractivity contribution is 0.0934. The normalized spacial score (nSPS) is 11.9. The Morgan fingerprint density at radius 2 is 1.57 bits per heavy atom. The zero-order valence-electron chi connectivity index (χ0n) is 18.9. The van der Waals surface area contributed by atoms with Gasteiger partial charge in [0.2, 0.25) is 0 Å². The van der Waals surface area contributed by atoms with Gasteiger partial charge in [-0.05, 0) is 48.4 Å². The highest BCUT2D eigenvalue weighted by Crippen LogP contribution is 2.28. The van der Waals surface area contributed by atoms with E-state index >= 15 is 0 Å². The molecule has 0 saturated carbocycles. The summed E-state index contributed by atoms with van der Waals surface area (Å²) in [6.07, 6.45) is 0.522. The van der Waals surface area contributed by atoms with Gasteiger partial charge in [0.15, 0.2) is 0 Å². The first-order valence-electron chi connectivity index (χ1n) is 11.4. The first-order chi connectivity index (χ1) is 17.1. The number of carbonyl (C=O) groups excluding carboxylic acids is 1. The first kappa shape index (κ1) is 22.8. The summed E-state index contributed by atoms with van der Waals surface area (Å²) in [5, 5.41) is 3.51. The highest BCUT2D eigenvalue weighted by atomic mass is 35.5. The van der Waals surface area contributed by atoms with Gasteiger partial charge in [0.25, 0.3) is 5.91 Å². The number of hydrogen-bond acceptors (Lipinski definition) is 2. The van der Waals surface area contributed by atoms with Gasteiger partial charge in [-0.2, -0.15) is 0 Å². The third kappa shape index (κ3) is 4.96. The topological polar surface area (TPSA) is 46.9 Å². The van der Waals surface area contributed by atoms with Crippen molar-refractivity contribution in [3.63, 3.8) is 0 Å². The second-order valence-electron chi connectivity index (χ2n) is 8.33. The minimum Gasteiger partial charge on any atom is -0.342 e. The fourth-order valence-corrected chi connectivity index (χ4v) is 4.48. The van der Waals surface area contributed by atoms with E-state index in [0.29, 0.717) is 28.4 Å². The van der Waals surface area contributed by atoms with Crippen molar-refractivity contribution in [2.75, 3.05) is 0 Å². The van der Waals surface area contributed by atoms with E-state index in [4.69, 9.17) is 16.6 Å². The van der Waals surface area contributed by atoms with Crippen LogP contribution in [0.15, 0.2) is 103 Å². The molecule has 4 nitrogen and oxygen atoms in total. The van der Waals surface area contributed by atoms with Gasteiger partial charge in [0, 0.05) is 16.1 Å². The Morgan fingerprint density at radius 1 is 0.886 bits per heavy atom. The van der Waals surface area contributed by atoms with Gasteiger partial charge in [0.1, 0.15) is 11.6 Å². The molecule has 0 radical (unpaired) electrons. The molecule has 1 heterocycles. The molecule has 1 atom stereocenters. The van der Waals surface area contributed by atoms with Crippen molar-refractivity contribution in [2.45, 2.75) is 19.0 Å². The van der Waals surface area contributed by atoms with Crippen molar-refractivity contribution >= 4 is 28.5 Å². The van der Waals surface area contributed by atoms with E-state index in [1.807, 2.05) is 77.4 Å². The van der Waals surface area contributed by atoms with Gasteiger partial charge in [-0.25, -0.2) is 9.37 Å². The Balaban J connectivity index is 1.61. The average molecular weight is 484 g/mol. The highest BCUT2D eigenvalue weighted by molar-refractivity contribution is 6.31. The van der Waals surface area contributed by atoms with Crippen molar-refractivity contribution < 1.29 is 9.18 Å². The van der Waals surface area contributed by atoms with E-state index < -0.39 is 6.04 Å². The zero-order valence-corrected chi connectivity index (χ0v) is 19.6. The summed E-state index contributed by atoms with van der Waals surface area (Å²) in [5.74, 6) is 0.0573. The molecule has 0 saturated heterocycles. The number of halogens is 2. The number of carbonyl (C=O) groups is 1. The Morgan fingerprint density at radius 3 is 2.31 bits per heavy atom. The maximum absolute atomic E-state index is 14.8. The summed E-state index contributed by atoms with van der Waals surface area (Å²) >= 11 is 6.38. The fraction of sp³-hybridized carbons (Fsp3) is 0.103. The molecule has 35 heavy (non-hydrogen) atoms. The molecule has 0 aliphatic heterocycles. The van der Waals surface area contributed by atoms with Crippen LogP contribution in [0.25, 0.3) is 11.0 Å². The van der Waals surface area contributed by atoms with E-state index in [0.717, 1.165) is 16.6 Å². The Labute approximate surface area is 208 Å². The molecule has 1 amide bonds. The number of para-hydroxylation sites is 2. The minimum atomic E-state index is -0.456. The molecule has 6 heteroatoms. The molecule has 174 valence electrons. The SMILES string of the molecule is O=C(NC(Cc1ccccc1)c1nc2ccccc2n1Cc1c(F)cccc1Cl)c1ccccc1. The van der Waals surface area contributed by atoms with E-state index in [9.17, 15) is 9.18 Å². The van der Waals surface area contributed by atoms with Gasteiger partial charge in [-0.1, -0.05) is 78.3 Å². The summed E-state index contributed by atoms with van der Waals surface area (Å²) in [5.41, 5.74) is 3.60. The summed E-state index contributed by atoms with van der Waals surface area (Å²) in [6.45, 7) is 0.188. The van der Waals surface area contributed by atoms with E-state index in [-0.39, 0.29) is 18.3 Å². The van der Waals surface area contributed by atoms with Crippen LogP contribution in [0.5, 0.6) is 0 Å². The Bertz CT molecular complexity index is 1450. The van der Waals surface area contributed by atoms with E-state index in [1.165, 1.54) is 6.07 Å². The lowest BCUT2D eigenvalue weighted by Gasteiger charge is -2.21. The van der Waals surface area contributed by atoms with Crippen molar-refractivity contribution in [3.05, 3.63) is 136 Å². The standard InChI is InChI=1S/C29H23ClFN3O/c30-23-14-9-15-24(31)22(23)19-34-27-17-8-7-16-25(27)32-28(34)26(18-20-10-3-1-4-11-20)33-29(35)21-12-5-2-6-13-21/h1-17,26H,18-19H2,(H,33,35). The quantitative estimate of drug-likeness (QED) is 0.284. The number of nitrogens with one attached hydrogen (secondary N) is 1. The molecule has 0 aliphatic rings. The Hall–Kier alpha value is -3.96. The van der Waals surface area contributed by atoms with Gasteiger partial charge in [-0.15, -0.1) is 0 Å². The summed E-state index contributed by atoms with van der Waals surface area (Å²) < 4.78 is 16.7. The van der Waals surface area contributed by atoms with Crippen molar-refractivity contribution in [1.29, 1.82) is 0 Å². The van der Waals surface area contributed by atoms with Crippen LogP contribution in [-0.2, 0) is 13.0 Å². The van der Waals surface area contributed by atoms with Crippen LogP contribution < -0.4 is 5.32 Å².